The SMILES string of the molecule is COCc1ccc(-c2nc(C(C)C)n(C(C)C)c2N)cc1. The van der Waals surface area contributed by atoms with Crippen molar-refractivity contribution >= 4 is 5.82 Å². The molecule has 4 heteroatoms. The number of anilines is 1. The highest BCUT2D eigenvalue weighted by Crippen LogP contribution is 2.32. The number of nitrogen functional groups attached to an aromatic ring is 1. The Labute approximate surface area is 127 Å². The zero-order valence-corrected chi connectivity index (χ0v) is 13.6. The van der Waals surface area contributed by atoms with Crippen LogP contribution in [0.25, 0.3) is 11.3 Å². The van der Waals surface area contributed by atoms with Crippen molar-refractivity contribution in [2.45, 2.75) is 46.3 Å². The standard InChI is InChI=1S/C17H25N3O/c1-11(2)17-19-15(16(18)20(17)12(3)4)14-8-6-13(7-9-14)10-21-5/h6-9,11-12H,10,18H2,1-5H3. The molecule has 114 valence electrons. The van der Waals surface area contributed by atoms with Crippen LogP contribution in [-0.4, -0.2) is 16.7 Å². The lowest BCUT2D eigenvalue weighted by Gasteiger charge is -2.15. The Morgan fingerprint density at radius 2 is 1.76 bits per heavy atom. The van der Waals surface area contributed by atoms with Gasteiger partial charge < -0.3 is 15.0 Å². The van der Waals surface area contributed by atoms with Gasteiger partial charge in [-0.05, 0) is 19.4 Å². The molecule has 0 aliphatic rings. The van der Waals surface area contributed by atoms with Crippen LogP contribution in [0.2, 0.25) is 0 Å². The van der Waals surface area contributed by atoms with Gasteiger partial charge in [0.1, 0.15) is 17.3 Å². The Kier molecular flexibility index (Phi) is 4.68. The van der Waals surface area contributed by atoms with E-state index in [1.165, 1.54) is 0 Å². The van der Waals surface area contributed by atoms with Crippen molar-refractivity contribution in [3.8, 4) is 11.3 Å². The van der Waals surface area contributed by atoms with E-state index in [-0.39, 0.29) is 0 Å². The molecule has 0 aliphatic heterocycles. The molecule has 0 spiro atoms. The highest BCUT2D eigenvalue weighted by atomic mass is 16.5. The maximum Gasteiger partial charge on any atom is 0.131 e. The van der Waals surface area contributed by atoms with E-state index >= 15 is 0 Å². The smallest absolute Gasteiger partial charge is 0.131 e. The van der Waals surface area contributed by atoms with E-state index in [1.807, 2.05) is 0 Å². The average molecular weight is 287 g/mol. The Balaban J connectivity index is 2.46. The molecule has 0 aliphatic carbocycles. The molecule has 4 nitrogen and oxygen atoms in total. The largest absolute Gasteiger partial charge is 0.383 e. The predicted molar refractivity (Wildman–Crippen MR) is 87.3 cm³/mol. The molecule has 0 bridgehead atoms. The summed E-state index contributed by atoms with van der Waals surface area (Å²) >= 11 is 0. The summed E-state index contributed by atoms with van der Waals surface area (Å²) in [5.74, 6) is 2.13. The Bertz CT molecular complexity index is 597. The highest BCUT2D eigenvalue weighted by molar-refractivity contribution is 5.71. The topological polar surface area (TPSA) is 53.1 Å². The molecule has 1 aromatic heterocycles. The van der Waals surface area contributed by atoms with E-state index in [9.17, 15) is 0 Å². The van der Waals surface area contributed by atoms with Gasteiger partial charge in [-0.15, -0.1) is 0 Å². The number of rotatable bonds is 5. The van der Waals surface area contributed by atoms with Gasteiger partial charge in [0.05, 0.1) is 6.61 Å². The number of benzene rings is 1. The predicted octanol–water partition coefficient (Wildman–Crippen LogP) is 3.98. The van der Waals surface area contributed by atoms with Gasteiger partial charge in [-0.2, -0.15) is 0 Å². The van der Waals surface area contributed by atoms with Gasteiger partial charge in [0.25, 0.3) is 0 Å². The van der Waals surface area contributed by atoms with Gasteiger partial charge in [0, 0.05) is 24.6 Å². The molecular weight excluding hydrogens is 262 g/mol. The fourth-order valence-corrected chi connectivity index (χ4v) is 2.55. The van der Waals surface area contributed by atoms with Crippen LogP contribution in [0, 0.1) is 0 Å². The van der Waals surface area contributed by atoms with Crippen molar-refractivity contribution in [3.63, 3.8) is 0 Å². The number of hydrogen-bond acceptors (Lipinski definition) is 3. The molecule has 2 rings (SSSR count). The van der Waals surface area contributed by atoms with Crippen molar-refractivity contribution in [1.29, 1.82) is 0 Å². The van der Waals surface area contributed by atoms with Gasteiger partial charge in [-0.25, -0.2) is 4.98 Å². The lowest BCUT2D eigenvalue weighted by atomic mass is 10.1. The number of nitrogens with zero attached hydrogens (tertiary/aromatic N) is 2. The third-order valence-electron chi connectivity index (χ3n) is 3.55. The third-order valence-corrected chi connectivity index (χ3v) is 3.55. The van der Waals surface area contributed by atoms with Crippen molar-refractivity contribution in [2.75, 3.05) is 12.8 Å². The number of hydrogen-bond donors (Lipinski definition) is 1. The molecule has 21 heavy (non-hydrogen) atoms. The summed E-state index contributed by atoms with van der Waals surface area (Å²) in [5, 5.41) is 0. The van der Waals surface area contributed by atoms with Crippen LogP contribution in [-0.2, 0) is 11.3 Å². The van der Waals surface area contributed by atoms with Crippen molar-refractivity contribution in [1.82, 2.24) is 9.55 Å². The normalized spacial score (nSPS) is 11.6. The monoisotopic (exact) mass is 287 g/mol. The van der Waals surface area contributed by atoms with Crippen molar-refractivity contribution in [2.24, 2.45) is 0 Å². The molecule has 2 aromatic rings. The van der Waals surface area contributed by atoms with E-state index in [4.69, 9.17) is 15.5 Å². The van der Waals surface area contributed by atoms with E-state index < -0.39 is 0 Å². The first-order valence-electron chi connectivity index (χ1n) is 7.41. The van der Waals surface area contributed by atoms with Crippen LogP contribution in [0.5, 0.6) is 0 Å². The minimum Gasteiger partial charge on any atom is -0.383 e. The second-order valence-electron chi connectivity index (χ2n) is 5.95. The second-order valence-corrected chi connectivity index (χ2v) is 5.95. The Morgan fingerprint density at radius 3 is 2.19 bits per heavy atom. The van der Waals surface area contributed by atoms with Crippen LogP contribution in [0.3, 0.4) is 0 Å². The van der Waals surface area contributed by atoms with Gasteiger partial charge in [0.15, 0.2) is 0 Å². The number of imidazole rings is 1. The summed E-state index contributed by atoms with van der Waals surface area (Å²) < 4.78 is 7.27. The fraction of sp³-hybridized carbons (Fsp3) is 0.471. The lowest BCUT2D eigenvalue weighted by molar-refractivity contribution is 0.185. The maximum absolute atomic E-state index is 6.35. The molecule has 0 radical (unpaired) electrons. The minimum atomic E-state index is 0.302. The first-order chi connectivity index (χ1) is 9.95. The summed E-state index contributed by atoms with van der Waals surface area (Å²) in [7, 11) is 1.70. The van der Waals surface area contributed by atoms with Crippen LogP contribution < -0.4 is 5.73 Å². The molecular formula is C17H25N3O. The molecule has 0 fully saturated rings. The zero-order valence-electron chi connectivity index (χ0n) is 13.6. The van der Waals surface area contributed by atoms with E-state index in [1.54, 1.807) is 7.11 Å². The van der Waals surface area contributed by atoms with Gasteiger partial charge in [-0.3, -0.25) is 0 Å². The van der Waals surface area contributed by atoms with Crippen LogP contribution >= 0.6 is 0 Å². The number of nitrogens with two attached hydrogens (primary N) is 1. The van der Waals surface area contributed by atoms with Gasteiger partial charge in [0.2, 0.25) is 0 Å². The molecule has 2 N–H and O–H groups in total. The molecule has 0 atom stereocenters. The average Bonchev–Trinajstić information content (AvgIpc) is 2.78. The van der Waals surface area contributed by atoms with Crippen LogP contribution in [0.15, 0.2) is 24.3 Å². The molecule has 1 heterocycles. The number of ether oxygens (including phenoxy) is 1. The number of aromatic nitrogens is 2. The number of methoxy groups -OCH3 is 1. The summed E-state index contributed by atoms with van der Waals surface area (Å²) in [6, 6.07) is 8.53. The third kappa shape index (κ3) is 3.10. The summed E-state index contributed by atoms with van der Waals surface area (Å²) in [5.41, 5.74) is 9.41. The van der Waals surface area contributed by atoms with Crippen LogP contribution in [0.1, 0.15) is 51.0 Å². The van der Waals surface area contributed by atoms with Crippen molar-refractivity contribution in [3.05, 3.63) is 35.7 Å². The quantitative estimate of drug-likeness (QED) is 0.905. The van der Waals surface area contributed by atoms with E-state index in [0.717, 1.165) is 28.5 Å². The molecule has 0 saturated heterocycles. The molecule has 1 aromatic carbocycles. The van der Waals surface area contributed by atoms with Gasteiger partial charge >= 0.3 is 0 Å². The lowest BCUT2D eigenvalue weighted by Crippen LogP contribution is -2.10. The fourth-order valence-electron chi connectivity index (χ4n) is 2.55. The summed E-state index contributed by atoms with van der Waals surface area (Å²) in [6.07, 6.45) is 0. The second kappa shape index (κ2) is 6.31. The first kappa shape index (κ1) is 15.6. The maximum atomic E-state index is 6.35. The molecule has 0 amide bonds. The molecule has 0 unspecified atom stereocenters. The van der Waals surface area contributed by atoms with Gasteiger partial charge in [-0.1, -0.05) is 38.1 Å². The van der Waals surface area contributed by atoms with Crippen molar-refractivity contribution < 1.29 is 4.74 Å². The Morgan fingerprint density at radius 1 is 1.14 bits per heavy atom. The molecule has 0 saturated carbocycles. The zero-order chi connectivity index (χ0) is 15.6. The van der Waals surface area contributed by atoms with Crippen LogP contribution in [0.4, 0.5) is 5.82 Å². The summed E-state index contributed by atoms with van der Waals surface area (Å²) in [6.45, 7) is 9.18. The highest BCUT2D eigenvalue weighted by Gasteiger charge is 2.19. The summed E-state index contributed by atoms with van der Waals surface area (Å²) in [4.78, 5) is 4.78. The minimum absolute atomic E-state index is 0.302. The Hall–Kier alpha value is -1.81. The van der Waals surface area contributed by atoms with E-state index in [0.29, 0.717) is 18.6 Å². The first-order valence-corrected chi connectivity index (χ1v) is 7.41. The van der Waals surface area contributed by atoms with E-state index in [2.05, 4.69) is 56.5 Å².